The number of fused-ring (bicyclic) bond motifs is 1. The highest BCUT2D eigenvalue weighted by atomic mass is 16.4. The van der Waals surface area contributed by atoms with E-state index in [1.165, 1.54) is 0 Å². The van der Waals surface area contributed by atoms with Gasteiger partial charge in [-0.1, -0.05) is 11.5 Å². The Morgan fingerprint density at radius 3 is 2.40 bits per heavy atom. The van der Waals surface area contributed by atoms with E-state index >= 15 is 0 Å². The summed E-state index contributed by atoms with van der Waals surface area (Å²) >= 11 is 0. The van der Waals surface area contributed by atoms with Gasteiger partial charge in [-0.2, -0.15) is 0 Å². The average molecular weight is 422 g/mol. The Labute approximate surface area is 173 Å². The van der Waals surface area contributed by atoms with E-state index in [0.29, 0.717) is 12.8 Å². The number of carbonyl (C=O) groups is 3. The minimum absolute atomic E-state index is 0.193. The van der Waals surface area contributed by atoms with E-state index in [1.807, 2.05) is 0 Å². The second kappa shape index (κ2) is 10.4. The van der Waals surface area contributed by atoms with Crippen molar-refractivity contribution < 1.29 is 34.8 Å². The molecular weight excluding hydrogens is 396 g/mol. The van der Waals surface area contributed by atoms with Gasteiger partial charge in [0.1, 0.15) is 23.9 Å². The van der Waals surface area contributed by atoms with E-state index in [-0.39, 0.29) is 25.2 Å². The number of rotatable bonds is 11. The summed E-state index contributed by atoms with van der Waals surface area (Å²) in [5.74, 6) is -2.23. The number of azide groups is 1. The standard InChI is InChI=1S/C19H26N4O7/c1-2-3-4-5-6-7-11(24)8-10(9-21-22-20)18(28)23-13-12(19(29)30)15(25)17(27)16(26)14(13)23/h1,10,12-17,25-27H,3-9H2,(H,29,30). The van der Waals surface area contributed by atoms with Crippen LogP contribution in [0.15, 0.2) is 5.11 Å². The molecule has 0 radical (unpaired) electrons. The van der Waals surface area contributed by atoms with Gasteiger partial charge in [-0.3, -0.25) is 14.4 Å². The van der Waals surface area contributed by atoms with E-state index in [0.717, 1.165) is 17.7 Å². The number of hydrogen-bond acceptors (Lipinski definition) is 7. The zero-order valence-corrected chi connectivity index (χ0v) is 16.4. The van der Waals surface area contributed by atoms with Crippen LogP contribution in [0.3, 0.4) is 0 Å². The summed E-state index contributed by atoms with van der Waals surface area (Å²) in [5, 5.41) is 42.8. The molecule has 0 aromatic heterocycles. The topological polar surface area (TPSA) is 184 Å². The lowest BCUT2D eigenvalue weighted by atomic mass is 9.83. The van der Waals surface area contributed by atoms with Crippen molar-refractivity contribution in [1.82, 2.24) is 4.90 Å². The smallest absolute Gasteiger partial charge is 0.311 e. The van der Waals surface area contributed by atoms with Gasteiger partial charge in [0.05, 0.1) is 24.1 Å². The number of likely N-dealkylation sites (tertiary alicyclic amines) is 1. The van der Waals surface area contributed by atoms with Gasteiger partial charge in [0, 0.05) is 30.7 Å². The Balaban J connectivity index is 2.06. The summed E-state index contributed by atoms with van der Waals surface area (Å²) in [6.07, 6.45) is 3.02. The van der Waals surface area contributed by atoms with E-state index in [2.05, 4.69) is 15.9 Å². The molecule has 2 fully saturated rings. The molecular formula is C19H26N4O7. The van der Waals surface area contributed by atoms with E-state index in [9.17, 15) is 34.8 Å². The number of ketones is 1. The molecule has 11 heteroatoms. The normalized spacial score (nSPS) is 30.4. The third-order valence-electron chi connectivity index (χ3n) is 5.69. The third-order valence-corrected chi connectivity index (χ3v) is 5.69. The lowest BCUT2D eigenvalue weighted by molar-refractivity contribution is -0.156. The predicted molar refractivity (Wildman–Crippen MR) is 103 cm³/mol. The number of carboxylic acid groups (broad SMARTS) is 1. The van der Waals surface area contributed by atoms with Crippen molar-refractivity contribution in [2.75, 3.05) is 6.54 Å². The lowest BCUT2D eigenvalue weighted by Gasteiger charge is -2.30. The van der Waals surface area contributed by atoms with Crippen LogP contribution >= 0.6 is 0 Å². The average Bonchev–Trinajstić information content (AvgIpc) is 3.43. The fourth-order valence-electron chi connectivity index (χ4n) is 4.10. The maximum atomic E-state index is 13.0. The molecule has 1 heterocycles. The monoisotopic (exact) mass is 422 g/mol. The van der Waals surface area contributed by atoms with Crippen LogP contribution in [0.2, 0.25) is 0 Å². The Morgan fingerprint density at radius 2 is 1.80 bits per heavy atom. The first-order valence-corrected chi connectivity index (χ1v) is 9.81. The van der Waals surface area contributed by atoms with Gasteiger partial charge in [-0.25, -0.2) is 0 Å². The number of terminal acetylenes is 1. The second-order valence-corrected chi connectivity index (χ2v) is 7.68. The van der Waals surface area contributed by atoms with Gasteiger partial charge in [0.25, 0.3) is 0 Å². The number of amides is 1. The number of unbranched alkanes of at least 4 members (excludes halogenated alkanes) is 3. The molecule has 164 valence electrons. The fraction of sp³-hybridized carbons (Fsp3) is 0.737. The van der Waals surface area contributed by atoms with Gasteiger partial charge in [-0.15, -0.1) is 12.3 Å². The highest BCUT2D eigenvalue weighted by Crippen LogP contribution is 2.45. The minimum atomic E-state index is -1.74. The number of Topliss-reactive ketones (excluding diaryl/α,β-unsaturated/α-hetero) is 1. The molecule has 1 saturated carbocycles. The van der Waals surface area contributed by atoms with Crippen molar-refractivity contribution >= 4 is 17.7 Å². The highest BCUT2D eigenvalue weighted by molar-refractivity contribution is 5.90. The molecule has 30 heavy (non-hydrogen) atoms. The predicted octanol–water partition coefficient (Wildman–Crippen LogP) is -0.168. The summed E-state index contributed by atoms with van der Waals surface area (Å²) < 4.78 is 0. The summed E-state index contributed by atoms with van der Waals surface area (Å²) in [6, 6.07) is -1.99. The first-order valence-electron chi connectivity index (χ1n) is 9.81. The van der Waals surface area contributed by atoms with Crippen LogP contribution in [0.4, 0.5) is 0 Å². The number of carboxylic acids is 1. The number of aliphatic carboxylic acids is 1. The molecule has 4 N–H and O–H groups in total. The minimum Gasteiger partial charge on any atom is -0.481 e. The molecule has 1 amide bonds. The molecule has 2 aliphatic rings. The molecule has 0 aromatic rings. The summed E-state index contributed by atoms with van der Waals surface area (Å²) in [7, 11) is 0. The molecule has 11 nitrogen and oxygen atoms in total. The third kappa shape index (κ3) is 5.09. The van der Waals surface area contributed by atoms with Crippen LogP contribution < -0.4 is 0 Å². The molecule has 0 aromatic carbocycles. The van der Waals surface area contributed by atoms with E-state index < -0.39 is 54.1 Å². The number of carbonyl (C=O) groups excluding carboxylic acids is 2. The summed E-state index contributed by atoms with van der Waals surface area (Å²) in [5.41, 5.74) is 8.59. The Hall–Kier alpha value is -2.64. The van der Waals surface area contributed by atoms with E-state index in [1.54, 1.807) is 0 Å². The van der Waals surface area contributed by atoms with E-state index in [4.69, 9.17) is 12.0 Å². The number of aliphatic hydroxyl groups is 3. The molecule has 1 aliphatic carbocycles. The van der Waals surface area contributed by atoms with Gasteiger partial charge in [0.15, 0.2) is 0 Å². The molecule has 1 aliphatic heterocycles. The van der Waals surface area contributed by atoms with Crippen molar-refractivity contribution in [2.24, 2.45) is 17.0 Å². The summed E-state index contributed by atoms with van der Waals surface area (Å²) in [6.45, 7) is -0.299. The highest BCUT2D eigenvalue weighted by Gasteiger charge is 2.68. The zero-order valence-electron chi connectivity index (χ0n) is 16.4. The van der Waals surface area contributed by atoms with Crippen molar-refractivity contribution in [3.63, 3.8) is 0 Å². The fourth-order valence-corrected chi connectivity index (χ4v) is 4.10. The van der Waals surface area contributed by atoms with Gasteiger partial charge in [0.2, 0.25) is 5.91 Å². The number of nitrogens with zero attached hydrogens (tertiary/aromatic N) is 4. The SMILES string of the molecule is C#CCCCCCC(=O)CC(CN=[N+]=[N-])C(=O)N1C2C(O)C(O)C(O)C(C(=O)O)C21. The van der Waals surface area contributed by atoms with Crippen LogP contribution in [-0.4, -0.2) is 79.9 Å². The molecule has 0 spiro atoms. The lowest BCUT2D eigenvalue weighted by Crippen LogP contribution is -2.53. The molecule has 0 bridgehead atoms. The first kappa shape index (κ1) is 23.6. The van der Waals surface area contributed by atoms with Gasteiger partial charge >= 0.3 is 5.97 Å². The quantitative estimate of drug-likeness (QED) is 0.0889. The van der Waals surface area contributed by atoms with Crippen LogP contribution in [0, 0.1) is 24.2 Å². The maximum absolute atomic E-state index is 13.0. The Kier molecular flexibility index (Phi) is 8.20. The van der Waals surface area contributed by atoms with Crippen molar-refractivity contribution in [1.29, 1.82) is 0 Å². The van der Waals surface area contributed by atoms with Gasteiger partial charge in [-0.05, 0) is 18.4 Å². The number of aliphatic hydroxyl groups excluding tert-OH is 3. The number of hydrogen-bond donors (Lipinski definition) is 4. The van der Waals surface area contributed by atoms with Crippen LogP contribution in [-0.2, 0) is 14.4 Å². The Bertz CT molecular complexity index is 760. The van der Waals surface area contributed by atoms with Crippen molar-refractivity contribution in [2.45, 2.75) is 68.9 Å². The zero-order chi connectivity index (χ0) is 22.4. The molecule has 1 saturated heterocycles. The van der Waals surface area contributed by atoms with Crippen LogP contribution in [0.25, 0.3) is 10.4 Å². The molecule has 7 atom stereocenters. The van der Waals surface area contributed by atoms with Crippen LogP contribution in [0.5, 0.6) is 0 Å². The molecule has 2 rings (SSSR count). The van der Waals surface area contributed by atoms with Crippen molar-refractivity contribution in [3.8, 4) is 12.3 Å². The molecule has 7 unspecified atom stereocenters. The maximum Gasteiger partial charge on any atom is 0.311 e. The Morgan fingerprint density at radius 1 is 1.10 bits per heavy atom. The summed E-state index contributed by atoms with van der Waals surface area (Å²) in [4.78, 5) is 40.4. The first-order chi connectivity index (χ1) is 14.3. The second-order valence-electron chi connectivity index (χ2n) is 7.68. The largest absolute Gasteiger partial charge is 0.481 e. The van der Waals surface area contributed by atoms with Crippen molar-refractivity contribution in [3.05, 3.63) is 10.4 Å². The van der Waals surface area contributed by atoms with Crippen LogP contribution in [0.1, 0.15) is 38.5 Å². The van der Waals surface area contributed by atoms with Gasteiger partial charge < -0.3 is 25.3 Å².